The first-order valence-electron chi connectivity index (χ1n) is 8.88. The van der Waals surface area contributed by atoms with Gasteiger partial charge in [0.05, 0.1) is 6.10 Å². The molecule has 2 atom stereocenters. The highest BCUT2D eigenvalue weighted by molar-refractivity contribution is 6.81. The van der Waals surface area contributed by atoms with E-state index in [4.69, 9.17) is 8.85 Å². The van der Waals surface area contributed by atoms with Crippen molar-refractivity contribution in [2.45, 2.75) is 25.0 Å². The van der Waals surface area contributed by atoms with Crippen LogP contribution in [0.2, 0.25) is 6.04 Å². The SMILES string of the molecule is c1ccc(O[Si]2(c3ccccc3)CCCC(c3ccccc3)O2)cc1. The van der Waals surface area contributed by atoms with Gasteiger partial charge in [-0.25, -0.2) is 0 Å². The molecule has 0 spiro atoms. The first-order valence-corrected chi connectivity index (χ1v) is 10.9. The van der Waals surface area contributed by atoms with E-state index in [-0.39, 0.29) is 6.10 Å². The van der Waals surface area contributed by atoms with E-state index in [2.05, 4.69) is 54.6 Å². The van der Waals surface area contributed by atoms with Gasteiger partial charge >= 0.3 is 8.56 Å². The smallest absolute Gasteiger partial charge is 0.434 e. The van der Waals surface area contributed by atoms with E-state index < -0.39 is 8.56 Å². The molecular formula is C22H22O2Si. The number of hydrogen-bond acceptors (Lipinski definition) is 2. The van der Waals surface area contributed by atoms with Crippen LogP contribution in [0, 0.1) is 0 Å². The highest BCUT2D eigenvalue weighted by Gasteiger charge is 2.47. The summed E-state index contributed by atoms with van der Waals surface area (Å²) < 4.78 is 13.4. The van der Waals surface area contributed by atoms with Gasteiger partial charge in [0.1, 0.15) is 5.75 Å². The lowest BCUT2D eigenvalue weighted by atomic mass is 10.1. The molecule has 1 aliphatic heterocycles. The number of rotatable bonds is 4. The molecule has 0 radical (unpaired) electrons. The summed E-state index contributed by atoms with van der Waals surface area (Å²) in [6, 6.07) is 32.1. The third-order valence-electron chi connectivity index (χ3n) is 4.72. The van der Waals surface area contributed by atoms with Crippen molar-refractivity contribution in [3.8, 4) is 5.75 Å². The Kier molecular flexibility index (Phi) is 4.68. The second kappa shape index (κ2) is 7.26. The van der Waals surface area contributed by atoms with E-state index in [9.17, 15) is 0 Å². The predicted octanol–water partition coefficient (Wildman–Crippen LogP) is 4.97. The summed E-state index contributed by atoms with van der Waals surface area (Å²) in [5.41, 5.74) is 1.24. The largest absolute Gasteiger partial charge is 0.517 e. The van der Waals surface area contributed by atoms with Crippen LogP contribution in [0.1, 0.15) is 24.5 Å². The molecule has 0 amide bonds. The Bertz CT molecular complexity index is 792. The molecule has 1 heterocycles. The van der Waals surface area contributed by atoms with Gasteiger partial charge in [0.2, 0.25) is 0 Å². The van der Waals surface area contributed by atoms with Crippen molar-refractivity contribution in [2.24, 2.45) is 0 Å². The van der Waals surface area contributed by atoms with E-state index in [1.54, 1.807) is 0 Å². The van der Waals surface area contributed by atoms with Crippen molar-refractivity contribution >= 4 is 13.7 Å². The number of hydrogen-bond donors (Lipinski definition) is 0. The first kappa shape index (κ1) is 16.1. The highest BCUT2D eigenvalue weighted by atomic mass is 28.4. The maximum absolute atomic E-state index is 6.77. The maximum atomic E-state index is 6.77. The normalized spacial score (nSPS) is 23.1. The molecule has 3 aromatic carbocycles. The second-order valence-corrected chi connectivity index (χ2v) is 9.47. The van der Waals surface area contributed by atoms with Gasteiger partial charge in [-0.1, -0.05) is 78.9 Å². The molecule has 1 fully saturated rings. The van der Waals surface area contributed by atoms with Crippen LogP contribution >= 0.6 is 0 Å². The van der Waals surface area contributed by atoms with Gasteiger partial charge < -0.3 is 8.85 Å². The molecule has 2 unspecified atom stereocenters. The Labute approximate surface area is 150 Å². The molecule has 1 saturated heterocycles. The van der Waals surface area contributed by atoms with Gasteiger partial charge in [-0.3, -0.25) is 0 Å². The predicted molar refractivity (Wildman–Crippen MR) is 103 cm³/mol. The molecule has 4 rings (SSSR count). The van der Waals surface area contributed by atoms with Crippen molar-refractivity contribution in [3.63, 3.8) is 0 Å². The third-order valence-corrected chi connectivity index (χ3v) is 8.17. The average Bonchev–Trinajstić information content (AvgIpc) is 2.70. The van der Waals surface area contributed by atoms with Crippen LogP contribution in [-0.4, -0.2) is 8.56 Å². The Hall–Kier alpha value is -2.36. The Morgan fingerprint density at radius 1 is 0.760 bits per heavy atom. The molecule has 3 heteroatoms. The van der Waals surface area contributed by atoms with Crippen molar-refractivity contribution in [2.75, 3.05) is 0 Å². The lowest BCUT2D eigenvalue weighted by molar-refractivity contribution is 0.129. The fourth-order valence-electron chi connectivity index (χ4n) is 3.49. The van der Waals surface area contributed by atoms with Crippen LogP contribution < -0.4 is 9.61 Å². The minimum atomic E-state index is -2.55. The first-order chi connectivity index (χ1) is 12.4. The Morgan fingerprint density at radius 3 is 2.04 bits per heavy atom. The highest BCUT2D eigenvalue weighted by Crippen LogP contribution is 2.36. The Morgan fingerprint density at radius 2 is 1.36 bits per heavy atom. The van der Waals surface area contributed by atoms with E-state index in [1.807, 2.05) is 36.4 Å². The van der Waals surface area contributed by atoms with Crippen LogP contribution in [0.3, 0.4) is 0 Å². The van der Waals surface area contributed by atoms with Gasteiger partial charge in [0.25, 0.3) is 0 Å². The molecule has 0 bridgehead atoms. The summed E-state index contributed by atoms with van der Waals surface area (Å²) in [6.45, 7) is 0. The molecule has 0 N–H and O–H groups in total. The molecule has 1 aliphatic rings. The van der Waals surface area contributed by atoms with E-state index in [1.165, 1.54) is 10.8 Å². The second-order valence-electron chi connectivity index (χ2n) is 6.44. The fourth-order valence-corrected chi connectivity index (χ4v) is 6.90. The van der Waals surface area contributed by atoms with Gasteiger partial charge in [-0.15, -0.1) is 0 Å². The van der Waals surface area contributed by atoms with Crippen LogP contribution in [0.25, 0.3) is 0 Å². The summed E-state index contributed by atoms with van der Waals surface area (Å²) in [5.74, 6) is 0.895. The van der Waals surface area contributed by atoms with E-state index in [0.29, 0.717) is 0 Å². The average molecular weight is 347 g/mol. The molecule has 25 heavy (non-hydrogen) atoms. The zero-order valence-corrected chi connectivity index (χ0v) is 15.2. The molecule has 2 nitrogen and oxygen atoms in total. The van der Waals surface area contributed by atoms with E-state index >= 15 is 0 Å². The van der Waals surface area contributed by atoms with Crippen molar-refractivity contribution in [3.05, 3.63) is 96.6 Å². The van der Waals surface area contributed by atoms with Crippen molar-refractivity contribution in [1.82, 2.24) is 0 Å². The minimum absolute atomic E-state index is 0.102. The minimum Gasteiger partial charge on any atom is -0.517 e. The van der Waals surface area contributed by atoms with Gasteiger partial charge in [0.15, 0.2) is 0 Å². The Balaban J connectivity index is 1.70. The van der Waals surface area contributed by atoms with Crippen molar-refractivity contribution in [1.29, 1.82) is 0 Å². The zero-order chi connectivity index (χ0) is 17.0. The summed E-state index contributed by atoms with van der Waals surface area (Å²) in [4.78, 5) is 0. The molecule has 126 valence electrons. The standard InChI is InChI=1S/C22H22O2Si/c1-4-11-19(12-5-1)22-17-10-18-25(24-22,21-15-8-3-9-16-21)23-20-13-6-2-7-14-20/h1-9,11-16,22H,10,17-18H2. The summed E-state index contributed by atoms with van der Waals surface area (Å²) in [5, 5.41) is 1.21. The summed E-state index contributed by atoms with van der Waals surface area (Å²) in [7, 11) is -2.55. The molecule has 3 aromatic rings. The number of para-hydroxylation sites is 1. The van der Waals surface area contributed by atoms with E-state index in [0.717, 1.165) is 24.6 Å². The molecule has 0 aliphatic carbocycles. The maximum Gasteiger partial charge on any atom is 0.434 e. The molecule has 0 aromatic heterocycles. The lowest BCUT2D eigenvalue weighted by Crippen LogP contribution is -2.58. The summed E-state index contributed by atoms with van der Waals surface area (Å²) >= 11 is 0. The monoisotopic (exact) mass is 346 g/mol. The lowest BCUT2D eigenvalue weighted by Gasteiger charge is -2.39. The van der Waals surface area contributed by atoms with Crippen molar-refractivity contribution < 1.29 is 8.85 Å². The van der Waals surface area contributed by atoms with Crippen LogP contribution in [-0.2, 0) is 4.43 Å². The zero-order valence-electron chi connectivity index (χ0n) is 14.2. The van der Waals surface area contributed by atoms with Crippen LogP contribution in [0.4, 0.5) is 0 Å². The van der Waals surface area contributed by atoms with Crippen LogP contribution in [0.5, 0.6) is 5.75 Å². The quantitative estimate of drug-likeness (QED) is 0.621. The fraction of sp³-hybridized carbons (Fsp3) is 0.182. The van der Waals surface area contributed by atoms with Gasteiger partial charge in [0, 0.05) is 11.2 Å². The topological polar surface area (TPSA) is 18.5 Å². The molecular weight excluding hydrogens is 324 g/mol. The number of benzene rings is 3. The molecule has 0 saturated carbocycles. The third kappa shape index (κ3) is 3.53. The summed E-state index contributed by atoms with van der Waals surface area (Å²) in [6.07, 6.45) is 2.27. The van der Waals surface area contributed by atoms with Gasteiger partial charge in [-0.2, -0.15) is 0 Å². The van der Waals surface area contributed by atoms with Gasteiger partial charge in [-0.05, 0) is 30.5 Å². The van der Waals surface area contributed by atoms with Crippen LogP contribution in [0.15, 0.2) is 91.0 Å².